The standard InChI is InChI=1S/C18H24N2/c1-3-16(11-14-8-9-14)19-12-15-10-13(2)20-18-7-5-4-6-17(15)18/h4-7,10,14,16,19H,3,8-9,11-12H2,1-2H3. The van der Waals surface area contributed by atoms with E-state index in [-0.39, 0.29) is 0 Å². The first-order valence-corrected chi connectivity index (χ1v) is 7.85. The van der Waals surface area contributed by atoms with Crippen molar-refractivity contribution in [1.82, 2.24) is 10.3 Å². The Morgan fingerprint density at radius 1 is 1.30 bits per heavy atom. The number of rotatable bonds is 6. The summed E-state index contributed by atoms with van der Waals surface area (Å²) in [5, 5.41) is 5.03. The number of hydrogen-bond donors (Lipinski definition) is 1. The molecule has 1 saturated carbocycles. The van der Waals surface area contributed by atoms with Gasteiger partial charge < -0.3 is 5.32 Å². The van der Waals surface area contributed by atoms with Gasteiger partial charge in [0.15, 0.2) is 0 Å². The lowest BCUT2D eigenvalue weighted by Gasteiger charge is -2.17. The molecule has 1 N–H and O–H groups in total. The lowest BCUT2D eigenvalue weighted by molar-refractivity contribution is 0.445. The Balaban J connectivity index is 1.75. The fourth-order valence-electron chi connectivity index (χ4n) is 2.95. The Kier molecular flexibility index (Phi) is 4.02. The molecule has 3 rings (SSSR count). The van der Waals surface area contributed by atoms with E-state index in [9.17, 15) is 0 Å². The summed E-state index contributed by atoms with van der Waals surface area (Å²) in [7, 11) is 0. The Morgan fingerprint density at radius 2 is 2.10 bits per heavy atom. The van der Waals surface area contributed by atoms with Crippen LogP contribution < -0.4 is 5.32 Å². The summed E-state index contributed by atoms with van der Waals surface area (Å²) in [5.74, 6) is 0.989. The number of nitrogens with one attached hydrogen (secondary N) is 1. The number of nitrogens with zero attached hydrogens (tertiary/aromatic N) is 1. The largest absolute Gasteiger partial charge is 0.310 e. The maximum absolute atomic E-state index is 4.61. The van der Waals surface area contributed by atoms with Gasteiger partial charge in [0.1, 0.15) is 0 Å². The first-order valence-electron chi connectivity index (χ1n) is 7.85. The maximum Gasteiger partial charge on any atom is 0.0708 e. The molecule has 0 amide bonds. The van der Waals surface area contributed by atoms with Crippen molar-refractivity contribution < 1.29 is 0 Å². The van der Waals surface area contributed by atoms with Crippen molar-refractivity contribution in [2.75, 3.05) is 0 Å². The molecule has 2 aromatic rings. The fraction of sp³-hybridized carbons (Fsp3) is 0.500. The van der Waals surface area contributed by atoms with E-state index in [4.69, 9.17) is 0 Å². The third-order valence-electron chi connectivity index (χ3n) is 4.32. The van der Waals surface area contributed by atoms with Crippen LogP contribution in [0.25, 0.3) is 10.9 Å². The Morgan fingerprint density at radius 3 is 2.85 bits per heavy atom. The molecule has 2 heteroatoms. The topological polar surface area (TPSA) is 24.9 Å². The van der Waals surface area contributed by atoms with Gasteiger partial charge in [-0.25, -0.2) is 0 Å². The third-order valence-corrected chi connectivity index (χ3v) is 4.32. The van der Waals surface area contributed by atoms with Crippen LogP contribution in [0, 0.1) is 12.8 Å². The van der Waals surface area contributed by atoms with E-state index in [1.54, 1.807) is 0 Å². The van der Waals surface area contributed by atoms with Crippen molar-refractivity contribution in [2.24, 2.45) is 5.92 Å². The fourth-order valence-corrected chi connectivity index (χ4v) is 2.95. The van der Waals surface area contributed by atoms with Crippen LogP contribution in [0.3, 0.4) is 0 Å². The van der Waals surface area contributed by atoms with Gasteiger partial charge in [-0.2, -0.15) is 0 Å². The lowest BCUT2D eigenvalue weighted by Crippen LogP contribution is -2.28. The molecule has 106 valence electrons. The minimum Gasteiger partial charge on any atom is -0.310 e. The molecule has 0 spiro atoms. The zero-order valence-electron chi connectivity index (χ0n) is 12.5. The molecule has 1 aromatic heterocycles. The van der Waals surface area contributed by atoms with Crippen molar-refractivity contribution >= 4 is 10.9 Å². The first-order chi connectivity index (χ1) is 9.76. The van der Waals surface area contributed by atoms with Crippen LogP contribution in [0.1, 0.15) is 43.9 Å². The molecule has 0 aliphatic heterocycles. The predicted octanol–water partition coefficient (Wildman–Crippen LogP) is 4.21. The van der Waals surface area contributed by atoms with Gasteiger partial charge in [0.05, 0.1) is 5.52 Å². The summed E-state index contributed by atoms with van der Waals surface area (Å²) in [5.41, 5.74) is 3.60. The monoisotopic (exact) mass is 268 g/mol. The van der Waals surface area contributed by atoms with Crippen LogP contribution in [0.15, 0.2) is 30.3 Å². The first kappa shape index (κ1) is 13.6. The number of aryl methyl sites for hydroxylation is 1. The van der Waals surface area contributed by atoms with Gasteiger partial charge in [-0.05, 0) is 43.4 Å². The molecular formula is C18H24N2. The average Bonchev–Trinajstić information content (AvgIpc) is 3.26. The average molecular weight is 268 g/mol. The third kappa shape index (κ3) is 3.18. The molecule has 1 fully saturated rings. The van der Waals surface area contributed by atoms with Gasteiger partial charge in [-0.1, -0.05) is 38.0 Å². The highest BCUT2D eigenvalue weighted by atomic mass is 14.9. The summed E-state index contributed by atoms with van der Waals surface area (Å²) in [6, 6.07) is 11.3. The number of benzene rings is 1. The smallest absolute Gasteiger partial charge is 0.0708 e. The van der Waals surface area contributed by atoms with E-state index >= 15 is 0 Å². The lowest BCUT2D eigenvalue weighted by atomic mass is 10.0. The molecule has 1 unspecified atom stereocenters. The Labute approximate surface area is 121 Å². The molecule has 0 radical (unpaired) electrons. The zero-order chi connectivity index (χ0) is 13.9. The van der Waals surface area contributed by atoms with Crippen molar-refractivity contribution in [2.45, 2.75) is 52.1 Å². The van der Waals surface area contributed by atoms with Gasteiger partial charge in [0, 0.05) is 23.7 Å². The summed E-state index contributed by atoms with van der Waals surface area (Å²) in [6.45, 7) is 5.32. The zero-order valence-corrected chi connectivity index (χ0v) is 12.5. The normalized spacial score (nSPS) is 16.5. The molecule has 0 bridgehead atoms. The number of para-hydroxylation sites is 1. The number of fused-ring (bicyclic) bond motifs is 1. The van der Waals surface area contributed by atoms with Crippen LogP contribution >= 0.6 is 0 Å². The van der Waals surface area contributed by atoms with Crippen molar-refractivity contribution in [3.05, 3.63) is 41.6 Å². The number of hydrogen-bond acceptors (Lipinski definition) is 2. The van der Waals surface area contributed by atoms with Gasteiger partial charge in [-0.15, -0.1) is 0 Å². The van der Waals surface area contributed by atoms with Gasteiger partial charge in [0.25, 0.3) is 0 Å². The van der Waals surface area contributed by atoms with E-state index in [0.29, 0.717) is 6.04 Å². The second-order valence-electron chi connectivity index (χ2n) is 6.11. The second kappa shape index (κ2) is 5.92. The number of pyridine rings is 1. The second-order valence-corrected chi connectivity index (χ2v) is 6.11. The van der Waals surface area contributed by atoms with Crippen molar-refractivity contribution in [3.8, 4) is 0 Å². The van der Waals surface area contributed by atoms with Crippen LogP contribution in [0.4, 0.5) is 0 Å². The van der Waals surface area contributed by atoms with E-state index in [1.807, 2.05) is 0 Å². The minimum absolute atomic E-state index is 0.662. The van der Waals surface area contributed by atoms with Crippen molar-refractivity contribution in [1.29, 1.82) is 0 Å². The number of aromatic nitrogens is 1. The van der Waals surface area contributed by atoms with Crippen LogP contribution in [-0.2, 0) is 6.54 Å². The van der Waals surface area contributed by atoms with E-state index in [0.717, 1.165) is 23.7 Å². The van der Waals surface area contributed by atoms with Crippen LogP contribution in [0.5, 0.6) is 0 Å². The molecular weight excluding hydrogens is 244 g/mol. The highest BCUT2D eigenvalue weighted by Gasteiger charge is 2.24. The Hall–Kier alpha value is -1.41. The van der Waals surface area contributed by atoms with Gasteiger partial charge in [-0.3, -0.25) is 4.98 Å². The molecule has 1 atom stereocenters. The molecule has 1 heterocycles. The SMILES string of the molecule is CCC(CC1CC1)NCc1cc(C)nc2ccccc12. The van der Waals surface area contributed by atoms with E-state index in [2.05, 4.69) is 54.5 Å². The Bertz CT molecular complexity index is 587. The summed E-state index contributed by atoms with van der Waals surface area (Å²) < 4.78 is 0. The summed E-state index contributed by atoms with van der Waals surface area (Å²) in [4.78, 5) is 4.61. The molecule has 0 saturated heterocycles. The van der Waals surface area contributed by atoms with Crippen LogP contribution in [-0.4, -0.2) is 11.0 Å². The quantitative estimate of drug-likeness (QED) is 0.849. The van der Waals surface area contributed by atoms with Crippen LogP contribution in [0.2, 0.25) is 0 Å². The summed E-state index contributed by atoms with van der Waals surface area (Å²) >= 11 is 0. The van der Waals surface area contributed by atoms with Crippen molar-refractivity contribution in [3.63, 3.8) is 0 Å². The molecule has 2 nitrogen and oxygen atoms in total. The molecule has 1 aliphatic carbocycles. The van der Waals surface area contributed by atoms with Gasteiger partial charge in [0.2, 0.25) is 0 Å². The molecule has 20 heavy (non-hydrogen) atoms. The molecule has 1 aromatic carbocycles. The molecule has 1 aliphatic rings. The highest BCUT2D eigenvalue weighted by molar-refractivity contribution is 5.82. The van der Waals surface area contributed by atoms with Gasteiger partial charge >= 0.3 is 0 Å². The maximum atomic E-state index is 4.61. The van der Waals surface area contributed by atoms with E-state index < -0.39 is 0 Å². The summed E-state index contributed by atoms with van der Waals surface area (Å²) in [6.07, 6.45) is 5.45. The van der Waals surface area contributed by atoms with E-state index in [1.165, 1.54) is 36.6 Å². The minimum atomic E-state index is 0.662. The predicted molar refractivity (Wildman–Crippen MR) is 84.7 cm³/mol. The highest BCUT2D eigenvalue weighted by Crippen LogP contribution is 2.34.